The van der Waals surface area contributed by atoms with Crippen LogP contribution in [0.2, 0.25) is 5.02 Å². The number of hydrogen-bond donors (Lipinski definition) is 1. The molecule has 24 heavy (non-hydrogen) atoms. The highest BCUT2D eigenvalue weighted by atomic mass is 35.5. The van der Waals surface area contributed by atoms with Crippen LogP contribution in [0.4, 0.5) is 0 Å². The van der Waals surface area contributed by atoms with E-state index in [1.165, 1.54) is 11.8 Å². The number of imidazole rings is 1. The number of hydrogen-bond acceptors (Lipinski definition) is 4. The summed E-state index contributed by atoms with van der Waals surface area (Å²) in [5.74, 6) is 1.07. The van der Waals surface area contributed by atoms with Crippen molar-refractivity contribution in [2.24, 2.45) is 0 Å². The van der Waals surface area contributed by atoms with Gasteiger partial charge in [-0.25, -0.2) is 4.98 Å². The van der Waals surface area contributed by atoms with Crippen LogP contribution in [0.25, 0.3) is 0 Å². The van der Waals surface area contributed by atoms with Gasteiger partial charge in [0, 0.05) is 24.0 Å². The number of rotatable bonds is 7. The number of amides is 1. The summed E-state index contributed by atoms with van der Waals surface area (Å²) in [6.07, 6.45) is 5.22. The van der Waals surface area contributed by atoms with Crippen molar-refractivity contribution in [2.75, 3.05) is 5.75 Å². The third kappa shape index (κ3) is 4.43. The molecular formula is C17H16ClN3O2S. The summed E-state index contributed by atoms with van der Waals surface area (Å²) >= 11 is 7.46. The molecule has 124 valence electrons. The van der Waals surface area contributed by atoms with E-state index in [0.717, 1.165) is 16.5 Å². The van der Waals surface area contributed by atoms with Crippen LogP contribution >= 0.6 is 23.4 Å². The maximum atomic E-state index is 12.0. The molecule has 0 fully saturated rings. The number of furan rings is 1. The molecule has 5 nitrogen and oxygen atoms in total. The Bertz CT molecular complexity index is 802. The molecule has 2 heterocycles. The minimum absolute atomic E-state index is 0.0625. The Labute approximate surface area is 149 Å². The van der Waals surface area contributed by atoms with Crippen molar-refractivity contribution >= 4 is 29.3 Å². The lowest BCUT2D eigenvalue weighted by Crippen LogP contribution is -2.24. The van der Waals surface area contributed by atoms with E-state index in [1.807, 2.05) is 47.2 Å². The number of aromatic nitrogens is 2. The van der Waals surface area contributed by atoms with Gasteiger partial charge in [0.15, 0.2) is 5.16 Å². The standard InChI is InChI=1S/C17H16ClN3O2S/c18-15-6-2-1-4-13(15)10-20-16(22)12-24-17-19-7-8-21(17)11-14-5-3-9-23-14/h1-9H,10-12H2,(H,20,22). The number of nitrogens with zero attached hydrogens (tertiary/aromatic N) is 2. The first-order valence-electron chi connectivity index (χ1n) is 7.39. The lowest BCUT2D eigenvalue weighted by atomic mass is 10.2. The first kappa shape index (κ1) is 16.7. The Morgan fingerprint density at radius 2 is 2.17 bits per heavy atom. The van der Waals surface area contributed by atoms with E-state index in [9.17, 15) is 4.79 Å². The van der Waals surface area contributed by atoms with Crippen molar-refractivity contribution in [1.82, 2.24) is 14.9 Å². The van der Waals surface area contributed by atoms with Crippen molar-refractivity contribution in [2.45, 2.75) is 18.2 Å². The number of nitrogens with one attached hydrogen (secondary N) is 1. The van der Waals surface area contributed by atoms with Crippen LogP contribution in [0.3, 0.4) is 0 Å². The molecule has 1 aromatic carbocycles. The molecule has 1 N–H and O–H groups in total. The zero-order valence-electron chi connectivity index (χ0n) is 12.8. The fourth-order valence-corrected chi connectivity index (χ4v) is 3.13. The van der Waals surface area contributed by atoms with Crippen LogP contribution in [0, 0.1) is 0 Å². The van der Waals surface area contributed by atoms with Crippen molar-refractivity contribution in [3.63, 3.8) is 0 Å². The first-order valence-corrected chi connectivity index (χ1v) is 8.75. The molecule has 0 spiro atoms. The molecule has 0 bridgehead atoms. The van der Waals surface area contributed by atoms with E-state index in [1.54, 1.807) is 12.5 Å². The second-order valence-electron chi connectivity index (χ2n) is 5.07. The smallest absolute Gasteiger partial charge is 0.230 e. The Kier molecular flexibility index (Phi) is 5.61. The number of thioether (sulfide) groups is 1. The van der Waals surface area contributed by atoms with Crippen molar-refractivity contribution < 1.29 is 9.21 Å². The van der Waals surface area contributed by atoms with Crippen LogP contribution in [-0.4, -0.2) is 21.2 Å². The van der Waals surface area contributed by atoms with E-state index in [2.05, 4.69) is 10.3 Å². The molecule has 0 unspecified atom stereocenters. The van der Waals surface area contributed by atoms with Gasteiger partial charge in [0.25, 0.3) is 0 Å². The Hall–Kier alpha value is -2.18. The minimum Gasteiger partial charge on any atom is -0.467 e. The highest BCUT2D eigenvalue weighted by Gasteiger charge is 2.09. The molecule has 3 rings (SSSR count). The maximum absolute atomic E-state index is 12.0. The van der Waals surface area contributed by atoms with E-state index < -0.39 is 0 Å². The van der Waals surface area contributed by atoms with E-state index in [-0.39, 0.29) is 5.91 Å². The highest BCUT2D eigenvalue weighted by Crippen LogP contribution is 2.18. The summed E-state index contributed by atoms with van der Waals surface area (Å²) in [5, 5.41) is 4.30. The molecular weight excluding hydrogens is 346 g/mol. The van der Waals surface area contributed by atoms with Crippen LogP contribution in [0.1, 0.15) is 11.3 Å². The quantitative estimate of drug-likeness (QED) is 0.653. The summed E-state index contributed by atoms with van der Waals surface area (Å²) < 4.78 is 7.29. The summed E-state index contributed by atoms with van der Waals surface area (Å²) in [4.78, 5) is 16.3. The molecule has 1 amide bonds. The minimum atomic E-state index is -0.0625. The van der Waals surface area contributed by atoms with Gasteiger partial charge >= 0.3 is 0 Å². The van der Waals surface area contributed by atoms with Crippen LogP contribution in [0.5, 0.6) is 0 Å². The number of carbonyl (C=O) groups excluding carboxylic acids is 1. The first-order chi connectivity index (χ1) is 11.7. The van der Waals surface area contributed by atoms with Crippen LogP contribution < -0.4 is 5.32 Å². The van der Waals surface area contributed by atoms with Gasteiger partial charge in [0.2, 0.25) is 5.91 Å². The highest BCUT2D eigenvalue weighted by molar-refractivity contribution is 7.99. The molecule has 0 saturated carbocycles. The maximum Gasteiger partial charge on any atom is 0.230 e. The van der Waals surface area contributed by atoms with Gasteiger partial charge in [-0.15, -0.1) is 0 Å². The van der Waals surface area contributed by atoms with Gasteiger partial charge in [-0.05, 0) is 23.8 Å². The van der Waals surface area contributed by atoms with E-state index in [0.29, 0.717) is 23.9 Å². The Balaban J connectivity index is 1.50. The van der Waals surface area contributed by atoms with Gasteiger partial charge in [-0.3, -0.25) is 4.79 Å². The zero-order valence-corrected chi connectivity index (χ0v) is 14.4. The summed E-state index contributed by atoms with van der Waals surface area (Å²) in [7, 11) is 0. The van der Waals surface area contributed by atoms with Crippen LogP contribution in [-0.2, 0) is 17.9 Å². The molecule has 2 aromatic heterocycles. The molecule has 0 saturated heterocycles. The third-order valence-corrected chi connectivity index (χ3v) is 4.72. The van der Waals surface area contributed by atoms with Gasteiger partial charge in [0.05, 0.1) is 18.6 Å². The zero-order chi connectivity index (χ0) is 16.8. The molecule has 0 aliphatic heterocycles. The summed E-state index contributed by atoms with van der Waals surface area (Å²) in [5.41, 5.74) is 0.900. The topological polar surface area (TPSA) is 60.1 Å². The predicted molar refractivity (Wildman–Crippen MR) is 94.1 cm³/mol. The molecule has 3 aromatic rings. The predicted octanol–water partition coefficient (Wildman–Crippen LogP) is 3.59. The van der Waals surface area contributed by atoms with Crippen LogP contribution in [0.15, 0.2) is 64.6 Å². The Morgan fingerprint density at radius 1 is 1.29 bits per heavy atom. The lowest BCUT2D eigenvalue weighted by Gasteiger charge is -2.08. The molecule has 0 aliphatic carbocycles. The molecule has 0 atom stereocenters. The largest absolute Gasteiger partial charge is 0.467 e. The van der Waals surface area contributed by atoms with E-state index >= 15 is 0 Å². The second-order valence-corrected chi connectivity index (χ2v) is 6.42. The fourth-order valence-electron chi connectivity index (χ4n) is 2.14. The molecule has 0 radical (unpaired) electrons. The average molecular weight is 362 g/mol. The van der Waals surface area contributed by atoms with Crippen molar-refractivity contribution in [3.05, 3.63) is 71.4 Å². The number of halogens is 1. The van der Waals surface area contributed by atoms with Gasteiger partial charge < -0.3 is 14.3 Å². The van der Waals surface area contributed by atoms with E-state index in [4.69, 9.17) is 16.0 Å². The molecule has 0 aliphatic rings. The summed E-state index contributed by atoms with van der Waals surface area (Å²) in [6.45, 7) is 1.01. The Morgan fingerprint density at radius 3 is 2.96 bits per heavy atom. The average Bonchev–Trinajstić information content (AvgIpc) is 3.24. The molecule has 7 heteroatoms. The monoisotopic (exact) mass is 361 g/mol. The fraction of sp³-hybridized carbons (Fsp3) is 0.176. The van der Waals surface area contributed by atoms with Gasteiger partial charge in [0.1, 0.15) is 5.76 Å². The van der Waals surface area contributed by atoms with Crippen molar-refractivity contribution in [1.29, 1.82) is 0 Å². The SMILES string of the molecule is O=C(CSc1nccn1Cc1ccco1)NCc1ccccc1Cl. The van der Waals surface area contributed by atoms with Crippen molar-refractivity contribution in [3.8, 4) is 0 Å². The lowest BCUT2D eigenvalue weighted by molar-refractivity contribution is -0.118. The third-order valence-electron chi connectivity index (χ3n) is 3.35. The second kappa shape index (κ2) is 8.08. The van der Waals surface area contributed by atoms with Gasteiger partial charge in [-0.2, -0.15) is 0 Å². The summed E-state index contributed by atoms with van der Waals surface area (Å²) in [6, 6.07) is 11.2. The number of carbonyl (C=O) groups is 1. The van der Waals surface area contributed by atoms with Gasteiger partial charge in [-0.1, -0.05) is 41.6 Å². The number of benzene rings is 1. The normalized spacial score (nSPS) is 10.7.